The molecule has 1 atom stereocenters. The molecule has 1 N–H and O–H groups in total. The number of imide groups is 1. The van der Waals surface area contributed by atoms with Crippen LogP contribution in [0.2, 0.25) is 0 Å². The van der Waals surface area contributed by atoms with Gasteiger partial charge in [0, 0.05) is 12.2 Å². The molecular weight excluding hydrogens is 418 g/mol. The van der Waals surface area contributed by atoms with E-state index in [4.69, 9.17) is 4.74 Å². The van der Waals surface area contributed by atoms with Crippen molar-refractivity contribution in [2.45, 2.75) is 25.9 Å². The van der Waals surface area contributed by atoms with Crippen LogP contribution in [0.5, 0.6) is 5.75 Å². The van der Waals surface area contributed by atoms with E-state index in [2.05, 4.69) is 5.32 Å². The van der Waals surface area contributed by atoms with Crippen LogP contribution in [0.3, 0.4) is 0 Å². The number of para-hydroxylation sites is 1. The van der Waals surface area contributed by atoms with Crippen LogP contribution in [0.4, 0.5) is 16.2 Å². The Morgan fingerprint density at radius 1 is 0.939 bits per heavy atom. The van der Waals surface area contributed by atoms with E-state index in [0.717, 1.165) is 16.0 Å². The first-order valence-electron chi connectivity index (χ1n) is 10.7. The molecule has 1 aliphatic rings. The summed E-state index contributed by atoms with van der Waals surface area (Å²) in [5, 5.41) is 2.80. The van der Waals surface area contributed by atoms with Crippen molar-refractivity contribution in [2.75, 3.05) is 17.3 Å². The fourth-order valence-electron chi connectivity index (χ4n) is 3.78. The molecule has 1 fully saturated rings. The molecule has 0 bridgehead atoms. The van der Waals surface area contributed by atoms with Gasteiger partial charge >= 0.3 is 6.03 Å². The van der Waals surface area contributed by atoms with Crippen LogP contribution >= 0.6 is 0 Å². The van der Waals surface area contributed by atoms with E-state index >= 15 is 0 Å². The monoisotopic (exact) mass is 443 g/mol. The molecule has 1 saturated heterocycles. The van der Waals surface area contributed by atoms with E-state index in [1.165, 1.54) is 4.90 Å². The number of rotatable bonds is 7. The van der Waals surface area contributed by atoms with Gasteiger partial charge in [0.2, 0.25) is 5.91 Å². The van der Waals surface area contributed by atoms with Gasteiger partial charge in [0.05, 0.1) is 19.2 Å². The van der Waals surface area contributed by atoms with Gasteiger partial charge in [0.15, 0.2) is 0 Å². The summed E-state index contributed by atoms with van der Waals surface area (Å²) in [5.74, 6) is -0.0546. The highest BCUT2D eigenvalue weighted by Crippen LogP contribution is 2.29. The van der Waals surface area contributed by atoms with E-state index in [1.807, 2.05) is 49.4 Å². The average Bonchev–Trinajstić information content (AvgIpc) is 3.05. The molecule has 7 heteroatoms. The second-order valence-corrected chi connectivity index (χ2v) is 7.90. The first-order chi connectivity index (χ1) is 16.0. The van der Waals surface area contributed by atoms with Crippen LogP contribution in [0.25, 0.3) is 0 Å². The molecule has 168 valence electrons. The predicted molar refractivity (Wildman–Crippen MR) is 126 cm³/mol. The van der Waals surface area contributed by atoms with Gasteiger partial charge in [-0.2, -0.15) is 0 Å². The van der Waals surface area contributed by atoms with Crippen LogP contribution in [-0.4, -0.2) is 35.9 Å². The third kappa shape index (κ3) is 4.87. The van der Waals surface area contributed by atoms with Crippen molar-refractivity contribution < 1.29 is 19.1 Å². The lowest BCUT2D eigenvalue weighted by atomic mass is 10.1. The molecular formula is C26H25N3O4. The van der Waals surface area contributed by atoms with Gasteiger partial charge in [0.25, 0.3) is 5.91 Å². The molecule has 33 heavy (non-hydrogen) atoms. The summed E-state index contributed by atoms with van der Waals surface area (Å²) in [5.41, 5.74) is 2.97. The van der Waals surface area contributed by atoms with E-state index in [1.54, 1.807) is 43.5 Å². The largest absolute Gasteiger partial charge is 0.497 e. The van der Waals surface area contributed by atoms with Crippen LogP contribution in [0, 0.1) is 6.92 Å². The summed E-state index contributed by atoms with van der Waals surface area (Å²) in [6.07, 6.45) is -0.141. The maximum Gasteiger partial charge on any atom is 0.332 e. The number of methoxy groups -OCH3 is 1. The highest BCUT2D eigenvalue weighted by Gasteiger charge is 2.46. The standard InChI is InChI=1S/C26H25N3O4/c1-18-8-12-21(13-9-18)29-25(31)23(16-24(30)27-20-6-4-3-5-7-20)28(26(29)32)17-19-10-14-22(33-2)15-11-19/h3-15,23H,16-17H2,1-2H3,(H,27,30). The molecule has 7 nitrogen and oxygen atoms in total. The average molecular weight is 444 g/mol. The SMILES string of the molecule is COc1ccc(CN2C(=O)N(c3ccc(C)cc3)C(=O)C2CC(=O)Nc2ccccc2)cc1. The third-order valence-electron chi connectivity index (χ3n) is 5.56. The Kier molecular flexibility index (Phi) is 6.40. The summed E-state index contributed by atoms with van der Waals surface area (Å²) >= 11 is 0. The number of nitrogens with one attached hydrogen (secondary N) is 1. The lowest BCUT2D eigenvalue weighted by molar-refractivity contribution is -0.124. The van der Waals surface area contributed by atoms with Crippen molar-refractivity contribution in [3.05, 3.63) is 90.0 Å². The van der Waals surface area contributed by atoms with Gasteiger partial charge in [0.1, 0.15) is 11.8 Å². The second-order valence-electron chi connectivity index (χ2n) is 7.90. The maximum atomic E-state index is 13.4. The fraction of sp³-hybridized carbons (Fsp3) is 0.192. The predicted octanol–water partition coefficient (Wildman–Crippen LogP) is 4.37. The van der Waals surface area contributed by atoms with Crippen molar-refractivity contribution in [1.29, 1.82) is 0 Å². The van der Waals surface area contributed by atoms with Gasteiger partial charge < -0.3 is 15.0 Å². The number of anilines is 2. The molecule has 3 aromatic rings. The Balaban J connectivity index is 1.60. The minimum Gasteiger partial charge on any atom is -0.497 e. The number of carbonyl (C=O) groups excluding carboxylic acids is 3. The first kappa shape index (κ1) is 22.1. The van der Waals surface area contributed by atoms with Crippen molar-refractivity contribution in [2.24, 2.45) is 0 Å². The molecule has 0 radical (unpaired) electrons. The third-order valence-corrected chi connectivity index (χ3v) is 5.56. The maximum absolute atomic E-state index is 13.4. The van der Waals surface area contributed by atoms with Gasteiger partial charge in [-0.15, -0.1) is 0 Å². The Labute approximate surface area is 192 Å². The number of nitrogens with zero attached hydrogens (tertiary/aromatic N) is 2. The zero-order valence-electron chi connectivity index (χ0n) is 18.5. The van der Waals surface area contributed by atoms with Crippen molar-refractivity contribution in [3.63, 3.8) is 0 Å². The topological polar surface area (TPSA) is 79.0 Å². The van der Waals surface area contributed by atoms with Crippen LogP contribution in [-0.2, 0) is 16.1 Å². The Bertz CT molecular complexity index is 1140. The molecule has 1 aliphatic heterocycles. The summed E-state index contributed by atoms with van der Waals surface area (Å²) in [6.45, 7) is 2.13. The molecule has 0 spiro atoms. The van der Waals surface area contributed by atoms with E-state index in [0.29, 0.717) is 17.1 Å². The van der Waals surface area contributed by atoms with E-state index in [-0.39, 0.29) is 18.9 Å². The van der Waals surface area contributed by atoms with Crippen LogP contribution in [0.15, 0.2) is 78.9 Å². The van der Waals surface area contributed by atoms with Gasteiger partial charge in [-0.1, -0.05) is 48.0 Å². The number of ether oxygens (including phenoxy) is 1. The minimum absolute atomic E-state index is 0.141. The number of hydrogen-bond donors (Lipinski definition) is 1. The molecule has 0 aliphatic carbocycles. The number of urea groups is 1. The summed E-state index contributed by atoms with van der Waals surface area (Å²) < 4.78 is 5.20. The molecule has 0 saturated carbocycles. The molecule has 3 aromatic carbocycles. The van der Waals surface area contributed by atoms with Crippen molar-refractivity contribution in [1.82, 2.24) is 4.90 Å². The number of aryl methyl sites for hydroxylation is 1. The fourth-order valence-corrected chi connectivity index (χ4v) is 3.78. The van der Waals surface area contributed by atoms with E-state index in [9.17, 15) is 14.4 Å². The summed E-state index contributed by atoms with van der Waals surface area (Å²) in [7, 11) is 1.58. The van der Waals surface area contributed by atoms with Crippen LogP contribution < -0.4 is 15.0 Å². The molecule has 1 unspecified atom stereocenters. The zero-order chi connectivity index (χ0) is 23.4. The van der Waals surface area contributed by atoms with Crippen molar-refractivity contribution >= 4 is 29.2 Å². The van der Waals surface area contributed by atoms with Gasteiger partial charge in [-0.3, -0.25) is 9.59 Å². The number of benzene rings is 3. The first-order valence-corrected chi connectivity index (χ1v) is 10.7. The quantitative estimate of drug-likeness (QED) is 0.550. The smallest absolute Gasteiger partial charge is 0.332 e. The molecule has 4 rings (SSSR count). The highest BCUT2D eigenvalue weighted by molar-refractivity contribution is 6.22. The summed E-state index contributed by atoms with van der Waals surface area (Å²) in [4.78, 5) is 42.1. The lowest BCUT2D eigenvalue weighted by Crippen LogP contribution is -2.37. The zero-order valence-corrected chi connectivity index (χ0v) is 18.5. The minimum atomic E-state index is -0.912. The molecule has 0 aromatic heterocycles. The Hall–Kier alpha value is -4.13. The van der Waals surface area contributed by atoms with Gasteiger partial charge in [-0.25, -0.2) is 9.69 Å². The Morgan fingerprint density at radius 3 is 2.24 bits per heavy atom. The number of amides is 4. The highest BCUT2D eigenvalue weighted by atomic mass is 16.5. The molecule has 1 heterocycles. The normalized spacial score (nSPS) is 15.6. The second kappa shape index (κ2) is 9.56. The summed E-state index contributed by atoms with van der Waals surface area (Å²) in [6, 6.07) is 22.1. The lowest BCUT2D eigenvalue weighted by Gasteiger charge is -2.22. The molecule has 4 amide bonds. The van der Waals surface area contributed by atoms with Gasteiger partial charge in [-0.05, 0) is 48.9 Å². The number of hydrogen-bond acceptors (Lipinski definition) is 4. The van der Waals surface area contributed by atoms with Crippen LogP contribution in [0.1, 0.15) is 17.5 Å². The number of carbonyl (C=O) groups is 3. The Morgan fingerprint density at radius 2 is 1.61 bits per heavy atom. The van der Waals surface area contributed by atoms with E-state index < -0.39 is 18.0 Å². The van der Waals surface area contributed by atoms with Crippen molar-refractivity contribution in [3.8, 4) is 5.75 Å².